The lowest BCUT2D eigenvalue weighted by Crippen LogP contribution is -2.53. The number of nitrogens with one attached hydrogen (secondary N) is 1. The van der Waals surface area contributed by atoms with Gasteiger partial charge in [-0.3, -0.25) is 9.59 Å². The average molecular weight is 269 g/mol. The van der Waals surface area contributed by atoms with Crippen molar-refractivity contribution in [1.82, 2.24) is 10.2 Å². The normalized spacial score (nSPS) is 14.8. The third kappa shape index (κ3) is 5.85. The van der Waals surface area contributed by atoms with Crippen molar-refractivity contribution >= 4 is 11.8 Å². The minimum absolute atomic E-state index is 0.361. The summed E-state index contributed by atoms with van der Waals surface area (Å²) in [6.07, 6.45) is -4.11. The molecule has 0 spiro atoms. The van der Waals surface area contributed by atoms with Crippen LogP contribution in [0.2, 0.25) is 0 Å². The average Bonchev–Trinajstić information content (AvgIpc) is 2.24. The fourth-order valence-corrected chi connectivity index (χ4v) is 1.13. The van der Waals surface area contributed by atoms with E-state index < -0.39 is 36.6 Å². The summed E-state index contributed by atoms with van der Waals surface area (Å²) >= 11 is 0. The summed E-state index contributed by atoms with van der Waals surface area (Å²) in [4.78, 5) is 23.9. The van der Waals surface area contributed by atoms with Gasteiger partial charge in [0, 0.05) is 7.05 Å². The van der Waals surface area contributed by atoms with Gasteiger partial charge in [-0.2, -0.15) is 13.2 Å². The lowest BCUT2D eigenvalue weighted by molar-refractivity contribution is -0.143. The molecule has 0 saturated heterocycles. The van der Waals surface area contributed by atoms with E-state index in [1.807, 2.05) is 0 Å². The summed E-state index contributed by atoms with van der Waals surface area (Å²) < 4.78 is 35.5. The molecule has 0 fully saturated rings. The van der Waals surface area contributed by atoms with E-state index >= 15 is 0 Å². The number of carbonyl (C=O) groups excluding carboxylic acids is 2. The van der Waals surface area contributed by atoms with E-state index in [1.54, 1.807) is 12.2 Å². The Kier molecular flexibility index (Phi) is 5.59. The van der Waals surface area contributed by atoms with Crippen molar-refractivity contribution in [3.05, 3.63) is 0 Å². The van der Waals surface area contributed by atoms with Gasteiger partial charge < -0.3 is 16.0 Å². The highest BCUT2D eigenvalue weighted by Crippen LogP contribution is 2.12. The molecule has 1 atom stereocenters. The topological polar surface area (TPSA) is 75.4 Å². The van der Waals surface area contributed by atoms with Crippen LogP contribution in [0.3, 0.4) is 0 Å². The second kappa shape index (κ2) is 6.03. The minimum atomic E-state index is -4.47. The monoisotopic (exact) mass is 269 g/mol. The second-order valence-electron chi connectivity index (χ2n) is 4.32. The largest absolute Gasteiger partial charge is 0.405 e. The predicted octanol–water partition coefficient (Wildman–Crippen LogP) is 0.251. The molecule has 5 nitrogen and oxygen atoms in total. The van der Waals surface area contributed by atoms with Gasteiger partial charge in [-0.25, -0.2) is 0 Å². The Morgan fingerprint density at radius 3 is 2.22 bits per heavy atom. The molecule has 0 rings (SSSR count). The van der Waals surface area contributed by atoms with Crippen LogP contribution in [-0.2, 0) is 9.59 Å². The number of alkyl halides is 3. The maximum absolute atomic E-state index is 11.8. The molecule has 0 aliphatic carbocycles. The number of nitrogens with zero attached hydrogens (tertiary/aromatic N) is 1. The van der Waals surface area contributed by atoms with Crippen LogP contribution in [0, 0.1) is 0 Å². The first kappa shape index (κ1) is 16.7. The molecule has 0 aromatic carbocycles. The molecular formula is C10H18F3N3O2. The number of nitrogens with two attached hydrogens (primary N) is 1. The second-order valence-corrected chi connectivity index (χ2v) is 4.32. The Hall–Kier alpha value is -1.31. The Labute approximate surface area is 103 Å². The van der Waals surface area contributed by atoms with E-state index in [4.69, 9.17) is 5.73 Å². The number of carbonyl (C=O) groups is 2. The van der Waals surface area contributed by atoms with Crippen molar-refractivity contribution in [2.75, 3.05) is 20.1 Å². The summed E-state index contributed by atoms with van der Waals surface area (Å²) in [5.41, 5.74) is 4.55. The number of rotatable bonds is 5. The van der Waals surface area contributed by atoms with E-state index in [0.29, 0.717) is 6.42 Å². The Balaban J connectivity index is 4.28. The van der Waals surface area contributed by atoms with Crippen molar-refractivity contribution in [2.24, 2.45) is 5.73 Å². The number of hydrogen-bond acceptors (Lipinski definition) is 3. The summed E-state index contributed by atoms with van der Waals surface area (Å²) in [6.45, 7) is 1.33. The summed E-state index contributed by atoms with van der Waals surface area (Å²) in [6, 6.07) is 0. The van der Waals surface area contributed by atoms with Crippen molar-refractivity contribution in [3.63, 3.8) is 0 Å². The zero-order valence-electron chi connectivity index (χ0n) is 10.6. The molecular weight excluding hydrogens is 251 g/mol. The minimum Gasteiger partial charge on any atom is -0.345 e. The van der Waals surface area contributed by atoms with Crippen molar-refractivity contribution in [1.29, 1.82) is 0 Å². The zero-order chi connectivity index (χ0) is 14.6. The van der Waals surface area contributed by atoms with Gasteiger partial charge in [0.25, 0.3) is 0 Å². The quantitative estimate of drug-likeness (QED) is 0.751. The first-order valence-corrected chi connectivity index (χ1v) is 5.37. The third-order valence-corrected chi connectivity index (χ3v) is 2.44. The maximum atomic E-state index is 11.8. The maximum Gasteiger partial charge on any atom is 0.405 e. The van der Waals surface area contributed by atoms with E-state index in [2.05, 4.69) is 0 Å². The van der Waals surface area contributed by atoms with Gasteiger partial charge in [0.1, 0.15) is 6.54 Å². The molecule has 8 heteroatoms. The van der Waals surface area contributed by atoms with Crippen molar-refractivity contribution in [3.8, 4) is 0 Å². The SMILES string of the molecule is CCC(C)(N)C(=O)N(C)CC(=O)NCC(F)(F)F. The van der Waals surface area contributed by atoms with E-state index in [9.17, 15) is 22.8 Å². The lowest BCUT2D eigenvalue weighted by Gasteiger charge is -2.27. The van der Waals surface area contributed by atoms with Gasteiger partial charge in [-0.1, -0.05) is 6.92 Å². The van der Waals surface area contributed by atoms with Crippen LogP contribution in [0.5, 0.6) is 0 Å². The van der Waals surface area contributed by atoms with Gasteiger partial charge in [-0.05, 0) is 13.3 Å². The summed E-state index contributed by atoms with van der Waals surface area (Å²) in [5, 5.41) is 1.68. The molecule has 0 radical (unpaired) electrons. The molecule has 0 aromatic heterocycles. The van der Waals surface area contributed by atoms with E-state index in [1.165, 1.54) is 14.0 Å². The number of hydrogen-bond donors (Lipinski definition) is 2. The van der Waals surface area contributed by atoms with Crippen LogP contribution >= 0.6 is 0 Å². The van der Waals surface area contributed by atoms with Crippen LogP contribution in [-0.4, -0.2) is 48.6 Å². The molecule has 1 unspecified atom stereocenters. The number of likely N-dealkylation sites (N-methyl/N-ethyl adjacent to an activating group) is 1. The van der Waals surface area contributed by atoms with Gasteiger partial charge >= 0.3 is 6.18 Å². The highest BCUT2D eigenvalue weighted by molar-refractivity contribution is 5.89. The summed E-state index contributed by atoms with van der Waals surface area (Å²) in [5.74, 6) is -1.37. The van der Waals surface area contributed by atoms with E-state index in [-0.39, 0.29) is 0 Å². The fraction of sp³-hybridized carbons (Fsp3) is 0.800. The summed E-state index contributed by atoms with van der Waals surface area (Å²) in [7, 11) is 1.32. The number of amides is 2. The predicted molar refractivity (Wildman–Crippen MR) is 59.6 cm³/mol. The molecule has 2 amide bonds. The number of halogens is 3. The van der Waals surface area contributed by atoms with Crippen molar-refractivity contribution in [2.45, 2.75) is 32.0 Å². The molecule has 0 aliphatic heterocycles. The molecule has 106 valence electrons. The highest BCUT2D eigenvalue weighted by atomic mass is 19.4. The Morgan fingerprint density at radius 2 is 1.83 bits per heavy atom. The third-order valence-electron chi connectivity index (χ3n) is 2.44. The molecule has 0 aliphatic rings. The van der Waals surface area contributed by atoms with Crippen LogP contribution in [0.15, 0.2) is 0 Å². The Bertz CT molecular complexity index is 316. The first-order valence-electron chi connectivity index (χ1n) is 5.37. The molecule has 0 saturated carbocycles. The lowest BCUT2D eigenvalue weighted by atomic mass is 9.99. The van der Waals surface area contributed by atoms with Crippen LogP contribution in [0.25, 0.3) is 0 Å². The van der Waals surface area contributed by atoms with Gasteiger partial charge in [-0.15, -0.1) is 0 Å². The van der Waals surface area contributed by atoms with Crippen LogP contribution in [0.4, 0.5) is 13.2 Å². The first-order chi connectivity index (χ1) is 7.99. The van der Waals surface area contributed by atoms with Gasteiger partial charge in [0.2, 0.25) is 11.8 Å². The van der Waals surface area contributed by atoms with Crippen LogP contribution in [0.1, 0.15) is 20.3 Å². The highest BCUT2D eigenvalue weighted by Gasteiger charge is 2.31. The molecule has 0 heterocycles. The molecule has 3 N–H and O–H groups in total. The van der Waals surface area contributed by atoms with Crippen molar-refractivity contribution < 1.29 is 22.8 Å². The molecule has 0 bridgehead atoms. The fourth-order valence-electron chi connectivity index (χ4n) is 1.13. The molecule has 18 heavy (non-hydrogen) atoms. The smallest absolute Gasteiger partial charge is 0.345 e. The molecule has 0 aromatic rings. The Morgan fingerprint density at radius 1 is 1.33 bits per heavy atom. The van der Waals surface area contributed by atoms with Gasteiger partial charge in [0.15, 0.2) is 0 Å². The van der Waals surface area contributed by atoms with Gasteiger partial charge in [0.05, 0.1) is 12.1 Å². The standard InChI is InChI=1S/C10H18F3N3O2/c1-4-9(2,14)8(18)16(3)5-7(17)15-6-10(11,12)13/h4-6,14H2,1-3H3,(H,15,17). The zero-order valence-corrected chi connectivity index (χ0v) is 10.6. The van der Waals surface area contributed by atoms with Crippen LogP contribution < -0.4 is 11.1 Å². The van der Waals surface area contributed by atoms with E-state index in [0.717, 1.165) is 4.90 Å².